The molecule has 0 N–H and O–H groups in total. The first-order chi connectivity index (χ1) is 8.22. The first-order valence-corrected chi connectivity index (χ1v) is 6.90. The Labute approximate surface area is 105 Å². The molecule has 0 radical (unpaired) electrons. The van der Waals surface area contributed by atoms with Crippen LogP contribution in [-0.4, -0.2) is 24.4 Å². The number of rotatable bonds is 2. The zero-order chi connectivity index (χ0) is 12.3. The summed E-state index contributed by atoms with van der Waals surface area (Å²) in [5.41, 5.74) is 0. The fourth-order valence-electron chi connectivity index (χ4n) is 3.62. The highest BCUT2D eigenvalue weighted by atomic mass is 16.2. The lowest BCUT2D eigenvalue weighted by molar-refractivity contribution is -0.135. The molecule has 94 valence electrons. The average Bonchev–Trinajstić information content (AvgIpc) is 2.37. The van der Waals surface area contributed by atoms with Gasteiger partial charge in [0.2, 0.25) is 5.91 Å². The number of hydrogen-bond acceptors (Lipinski definition) is 1. The first kappa shape index (κ1) is 12.5. The SMILES string of the molecule is C#CCN(C)C(=O)C1CCC2CCCCC2C1. The molecular weight excluding hydrogens is 210 g/mol. The number of fused-ring (bicyclic) bond motifs is 1. The summed E-state index contributed by atoms with van der Waals surface area (Å²) in [5.74, 6) is 4.78. The average molecular weight is 233 g/mol. The van der Waals surface area contributed by atoms with Gasteiger partial charge in [0, 0.05) is 13.0 Å². The highest BCUT2D eigenvalue weighted by molar-refractivity contribution is 5.78. The van der Waals surface area contributed by atoms with Crippen LogP contribution in [0.25, 0.3) is 0 Å². The van der Waals surface area contributed by atoms with E-state index in [0.717, 1.165) is 24.7 Å². The van der Waals surface area contributed by atoms with Crippen molar-refractivity contribution in [1.82, 2.24) is 4.90 Å². The molecule has 2 fully saturated rings. The van der Waals surface area contributed by atoms with Crippen LogP contribution in [0.3, 0.4) is 0 Å². The Morgan fingerprint density at radius 2 is 1.94 bits per heavy atom. The number of hydrogen-bond donors (Lipinski definition) is 0. The Morgan fingerprint density at radius 3 is 2.65 bits per heavy atom. The Balaban J connectivity index is 1.91. The summed E-state index contributed by atoms with van der Waals surface area (Å²) < 4.78 is 0. The van der Waals surface area contributed by atoms with Crippen molar-refractivity contribution in [2.24, 2.45) is 17.8 Å². The van der Waals surface area contributed by atoms with Gasteiger partial charge in [0.1, 0.15) is 0 Å². The van der Waals surface area contributed by atoms with E-state index in [1.807, 2.05) is 7.05 Å². The van der Waals surface area contributed by atoms with Crippen molar-refractivity contribution < 1.29 is 4.79 Å². The van der Waals surface area contributed by atoms with Gasteiger partial charge >= 0.3 is 0 Å². The summed E-state index contributed by atoms with van der Waals surface area (Å²) in [7, 11) is 1.83. The minimum absolute atomic E-state index is 0.243. The molecule has 2 saturated carbocycles. The quantitative estimate of drug-likeness (QED) is 0.672. The highest BCUT2D eigenvalue weighted by Crippen LogP contribution is 2.42. The maximum Gasteiger partial charge on any atom is 0.226 e. The molecule has 0 aliphatic heterocycles. The Hall–Kier alpha value is -0.970. The third-order valence-electron chi connectivity index (χ3n) is 4.59. The normalized spacial score (nSPS) is 32.4. The van der Waals surface area contributed by atoms with Crippen LogP contribution in [0.15, 0.2) is 0 Å². The van der Waals surface area contributed by atoms with E-state index < -0.39 is 0 Å². The van der Waals surface area contributed by atoms with Crippen LogP contribution in [0.4, 0.5) is 0 Å². The largest absolute Gasteiger partial charge is 0.334 e. The maximum atomic E-state index is 12.2. The maximum absolute atomic E-state index is 12.2. The van der Waals surface area contributed by atoms with Crippen molar-refractivity contribution in [1.29, 1.82) is 0 Å². The van der Waals surface area contributed by atoms with Crippen molar-refractivity contribution in [3.05, 3.63) is 0 Å². The van der Waals surface area contributed by atoms with Crippen molar-refractivity contribution in [2.45, 2.75) is 44.9 Å². The molecule has 0 bridgehead atoms. The standard InChI is InChI=1S/C15H23NO/c1-3-10-16(2)15(17)14-9-8-12-6-4-5-7-13(12)11-14/h1,12-14H,4-11H2,2H3. The zero-order valence-electron chi connectivity index (χ0n) is 10.8. The molecule has 2 rings (SSSR count). The van der Waals surface area contributed by atoms with E-state index in [9.17, 15) is 4.79 Å². The predicted molar refractivity (Wildman–Crippen MR) is 69.3 cm³/mol. The summed E-state index contributed by atoms with van der Waals surface area (Å²) in [5, 5.41) is 0. The van der Waals surface area contributed by atoms with Gasteiger partial charge < -0.3 is 4.90 Å². The van der Waals surface area contributed by atoms with E-state index in [-0.39, 0.29) is 11.8 Å². The van der Waals surface area contributed by atoms with Gasteiger partial charge in [0.25, 0.3) is 0 Å². The van der Waals surface area contributed by atoms with Gasteiger partial charge in [-0.05, 0) is 31.1 Å². The molecule has 2 aliphatic carbocycles. The van der Waals surface area contributed by atoms with Gasteiger partial charge in [-0.2, -0.15) is 0 Å². The lowest BCUT2D eigenvalue weighted by atomic mass is 9.67. The van der Waals surface area contributed by atoms with Crippen LogP contribution < -0.4 is 0 Å². The molecule has 0 heterocycles. The van der Waals surface area contributed by atoms with E-state index in [1.54, 1.807) is 4.90 Å². The van der Waals surface area contributed by atoms with Crippen LogP contribution in [0.5, 0.6) is 0 Å². The molecular formula is C15H23NO. The lowest BCUT2D eigenvalue weighted by Crippen LogP contribution is -2.38. The number of terminal acetylenes is 1. The first-order valence-electron chi connectivity index (χ1n) is 6.90. The molecule has 0 aromatic carbocycles. The van der Waals surface area contributed by atoms with E-state index in [0.29, 0.717) is 6.54 Å². The van der Waals surface area contributed by atoms with Gasteiger partial charge in [-0.1, -0.05) is 31.6 Å². The number of nitrogens with zero attached hydrogens (tertiary/aromatic N) is 1. The van der Waals surface area contributed by atoms with Crippen LogP contribution in [0.2, 0.25) is 0 Å². The van der Waals surface area contributed by atoms with E-state index in [1.165, 1.54) is 32.1 Å². The lowest BCUT2D eigenvalue weighted by Gasteiger charge is -2.39. The molecule has 2 nitrogen and oxygen atoms in total. The molecule has 17 heavy (non-hydrogen) atoms. The molecule has 3 atom stereocenters. The van der Waals surface area contributed by atoms with Crippen molar-refractivity contribution >= 4 is 5.91 Å². The second-order valence-electron chi connectivity index (χ2n) is 5.71. The van der Waals surface area contributed by atoms with Gasteiger partial charge in [-0.15, -0.1) is 6.42 Å². The molecule has 2 aliphatic rings. The summed E-state index contributed by atoms with van der Waals surface area (Å²) in [6, 6.07) is 0. The van der Waals surface area contributed by atoms with Crippen LogP contribution >= 0.6 is 0 Å². The fourth-order valence-corrected chi connectivity index (χ4v) is 3.62. The minimum atomic E-state index is 0.243. The fraction of sp³-hybridized carbons (Fsp3) is 0.800. The molecule has 1 amide bonds. The van der Waals surface area contributed by atoms with Gasteiger partial charge in [0.05, 0.1) is 6.54 Å². The second-order valence-corrected chi connectivity index (χ2v) is 5.71. The van der Waals surface area contributed by atoms with Crippen LogP contribution in [0.1, 0.15) is 44.9 Å². The Kier molecular flexibility index (Phi) is 4.10. The molecule has 0 aromatic rings. The molecule has 3 unspecified atom stereocenters. The van der Waals surface area contributed by atoms with Gasteiger partial charge in [0.15, 0.2) is 0 Å². The third kappa shape index (κ3) is 2.83. The van der Waals surface area contributed by atoms with E-state index in [4.69, 9.17) is 6.42 Å². The minimum Gasteiger partial charge on any atom is -0.334 e. The number of carbonyl (C=O) groups excluding carboxylic acids is 1. The van der Waals surface area contributed by atoms with E-state index in [2.05, 4.69) is 5.92 Å². The van der Waals surface area contributed by atoms with Gasteiger partial charge in [-0.25, -0.2) is 0 Å². The molecule has 0 spiro atoms. The highest BCUT2D eigenvalue weighted by Gasteiger charge is 2.35. The topological polar surface area (TPSA) is 20.3 Å². The smallest absolute Gasteiger partial charge is 0.226 e. The molecule has 2 heteroatoms. The third-order valence-corrected chi connectivity index (χ3v) is 4.59. The van der Waals surface area contributed by atoms with E-state index >= 15 is 0 Å². The van der Waals surface area contributed by atoms with Gasteiger partial charge in [-0.3, -0.25) is 4.79 Å². The zero-order valence-corrected chi connectivity index (χ0v) is 10.8. The van der Waals surface area contributed by atoms with Crippen molar-refractivity contribution in [3.8, 4) is 12.3 Å². The Morgan fingerprint density at radius 1 is 1.24 bits per heavy atom. The number of amides is 1. The summed E-state index contributed by atoms with van der Waals surface area (Å²) in [4.78, 5) is 13.9. The number of carbonyl (C=O) groups is 1. The van der Waals surface area contributed by atoms with Crippen molar-refractivity contribution in [3.63, 3.8) is 0 Å². The molecule has 0 aromatic heterocycles. The van der Waals surface area contributed by atoms with Crippen molar-refractivity contribution in [2.75, 3.05) is 13.6 Å². The summed E-state index contributed by atoms with van der Waals surface area (Å²) in [6.07, 6.45) is 14.2. The predicted octanol–water partition coefficient (Wildman–Crippen LogP) is 2.68. The molecule has 0 saturated heterocycles. The van der Waals surface area contributed by atoms with Crippen LogP contribution in [0, 0.1) is 30.1 Å². The Bertz CT molecular complexity index is 317. The van der Waals surface area contributed by atoms with Crippen LogP contribution in [-0.2, 0) is 4.79 Å². The monoisotopic (exact) mass is 233 g/mol. The second kappa shape index (κ2) is 5.58. The summed E-state index contributed by atoms with van der Waals surface area (Å²) >= 11 is 0. The summed E-state index contributed by atoms with van der Waals surface area (Å²) in [6.45, 7) is 0.448.